The van der Waals surface area contributed by atoms with Crippen LogP contribution in [0.2, 0.25) is 0 Å². The van der Waals surface area contributed by atoms with Gasteiger partial charge in [-0.25, -0.2) is 0 Å². The molecule has 0 radical (unpaired) electrons. The number of rotatable bonds is 3. The van der Waals surface area contributed by atoms with E-state index in [2.05, 4.69) is 158 Å². The monoisotopic (exact) mass is 546 g/mol. The Hall–Kier alpha value is -5.66. The summed E-state index contributed by atoms with van der Waals surface area (Å²) in [6, 6.07) is 56.8. The minimum atomic E-state index is 0.916. The summed E-state index contributed by atoms with van der Waals surface area (Å²) in [4.78, 5) is 0. The Balaban J connectivity index is 1.32. The fraction of sp³-hybridized carbons (Fsp3) is 0. The minimum Gasteiger partial charge on any atom is -0.456 e. The first-order chi connectivity index (χ1) is 21.3. The van der Waals surface area contributed by atoms with Crippen molar-refractivity contribution in [3.05, 3.63) is 158 Å². The zero-order valence-electron chi connectivity index (χ0n) is 23.4. The molecule has 0 spiro atoms. The highest BCUT2D eigenvalue weighted by atomic mass is 16.3. The molecule has 1 aromatic heterocycles. The van der Waals surface area contributed by atoms with Crippen LogP contribution in [-0.4, -0.2) is 0 Å². The van der Waals surface area contributed by atoms with Crippen molar-refractivity contribution in [2.24, 2.45) is 0 Å². The number of hydrogen-bond acceptors (Lipinski definition) is 1. The molecular weight excluding hydrogens is 520 g/mol. The van der Waals surface area contributed by atoms with Crippen molar-refractivity contribution in [3.8, 4) is 33.4 Å². The molecule has 0 bridgehead atoms. The van der Waals surface area contributed by atoms with Crippen LogP contribution < -0.4 is 0 Å². The highest BCUT2D eigenvalue weighted by Crippen LogP contribution is 2.45. The lowest BCUT2D eigenvalue weighted by molar-refractivity contribution is 0.669. The summed E-state index contributed by atoms with van der Waals surface area (Å²) in [5.74, 6) is 0. The third-order valence-corrected chi connectivity index (χ3v) is 8.86. The fourth-order valence-corrected chi connectivity index (χ4v) is 6.91. The quantitative estimate of drug-likeness (QED) is 0.201. The summed E-state index contributed by atoms with van der Waals surface area (Å²) in [5, 5.41) is 9.79. The Morgan fingerprint density at radius 2 is 0.791 bits per heavy atom. The summed E-state index contributed by atoms with van der Waals surface area (Å²) in [6.45, 7) is 0. The van der Waals surface area contributed by atoms with Crippen LogP contribution in [0.5, 0.6) is 0 Å². The van der Waals surface area contributed by atoms with Crippen LogP contribution in [0.3, 0.4) is 0 Å². The molecule has 0 N–H and O–H groups in total. The highest BCUT2D eigenvalue weighted by Gasteiger charge is 2.18. The van der Waals surface area contributed by atoms with Gasteiger partial charge < -0.3 is 4.42 Å². The third-order valence-electron chi connectivity index (χ3n) is 8.86. The van der Waals surface area contributed by atoms with E-state index in [0.717, 1.165) is 16.6 Å². The minimum absolute atomic E-state index is 0.916. The van der Waals surface area contributed by atoms with Gasteiger partial charge in [0.15, 0.2) is 0 Å². The van der Waals surface area contributed by atoms with E-state index in [-0.39, 0.29) is 0 Å². The van der Waals surface area contributed by atoms with Gasteiger partial charge in [0.2, 0.25) is 0 Å². The van der Waals surface area contributed by atoms with E-state index >= 15 is 0 Å². The van der Waals surface area contributed by atoms with Crippen LogP contribution in [0.25, 0.3) is 87.6 Å². The fourth-order valence-electron chi connectivity index (χ4n) is 6.91. The van der Waals surface area contributed by atoms with Gasteiger partial charge in [-0.1, -0.05) is 140 Å². The Morgan fingerprint density at radius 3 is 1.47 bits per heavy atom. The lowest BCUT2D eigenvalue weighted by Crippen LogP contribution is -1.91. The summed E-state index contributed by atoms with van der Waals surface area (Å²) in [7, 11) is 0. The molecule has 200 valence electrons. The van der Waals surface area contributed by atoms with Crippen molar-refractivity contribution in [1.82, 2.24) is 0 Å². The molecule has 0 aliphatic rings. The van der Waals surface area contributed by atoms with E-state index in [4.69, 9.17) is 4.42 Å². The topological polar surface area (TPSA) is 13.1 Å². The smallest absolute Gasteiger partial charge is 0.136 e. The van der Waals surface area contributed by atoms with Crippen molar-refractivity contribution >= 4 is 54.3 Å². The molecule has 9 aromatic rings. The van der Waals surface area contributed by atoms with E-state index in [1.165, 1.54) is 71.1 Å². The highest BCUT2D eigenvalue weighted by molar-refractivity contribution is 6.23. The van der Waals surface area contributed by atoms with Gasteiger partial charge in [0, 0.05) is 10.8 Å². The third kappa shape index (κ3) is 3.72. The molecule has 0 unspecified atom stereocenters. The molecule has 0 fully saturated rings. The molecule has 0 saturated carbocycles. The van der Waals surface area contributed by atoms with Crippen molar-refractivity contribution < 1.29 is 4.42 Å². The van der Waals surface area contributed by atoms with Gasteiger partial charge in [0.05, 0.1) is 0 Å². The molecule has 1 heterocycles. The molecule has 0 aliphatic heterocycles. The summed E-state index contributed by atoms with van der Waals surface area (Å²) in [6.07, 6.45) is 0. The zero-order chi connectivity index (χ0) is 28.3. The molecule has 9 rings (SSSR count). The van der Waals surface area contributed by atoms with E-state index in [1.54, 1.807) is 0 Å². The van der Waals surface area contributed by atoms with Crippen molar-refractivity contribution in [3.63, 3.8) is 0 Å². The average molecular weight is 547 g/mol. The Bertz CT molecular complexity index is 2420. The average Bonchev–Trinajstić information content (AvgIpc) is 3.46. The summed E-state index contributed by atoms with van der Waals surface area (Å²) in [5.41, 5.74) is 9.25. The maximum Gasteiger partial charge on any atom is 0.136 e. The van der Waals surface area contributed by atoms with Gasteiger partial charge in [-0.3, -0.25) is 0 Å². The van der Waals surface area contributed by atoms with Crippen molar-refractivity contribution in [2.45, 2.75) is 0 Å². The molecule has 0 amide bonds. The van der Waals surface area contributed by atoms with Crippen molar-refractivity contribution in [2.75, 3.05) is 0 Å². The van der Waals surface area contributed by atoms with E-state index < -0.39 is 0 Å². The largest absolute Gasteiger partial charge is 0.456 e. The van der Waals surface area contributed by atoms with Crippen LogP contribution in [0.1, 0.15) is 0 Å². The van der Waals surface area contributed by atoms with Gasteiger partial charge in [-0.05, 0) is 83.9 Å². The van der Waals surface area contributed by atoms with Crippen LogP contribution >= 0.6 is 0 Å². The molecular formula is C42H26O. The molecule has 1 nitrogen and oxygen atoms in total. The van der Waals surface area contributed by atoms with Crippen LogP contribution in [-0.2, 0) is 0 Å². The molecule has 0 saturated heterocycles. The van der Waals surface area contributed by atoms with E-state index in [0.29, 0.717) is 0 Å². The predicted octanol–water partition coefficient (Wildman–Crippen LogP) is 12.0. The maximum atomic E-state index is 6.34. The Kier molecular flexibility index (Phi) is 5.27. The molecule has 8 aromatic carbocycles. The standard InChI is InChI=1S/C42H26O/c1-2-10-27(11-3-1)28-18-20-30(21-19-28)40-33-14-6-8-16-35(33)41(36-17-9-7-15-34(36)40)31-23-24-38-37(26-31)42-32-13-5-4-12-29(32)22-25-39(42)43-38/h1-26H. The molecule has 1 heteroatoms. The first-order valence-electron chi connectivity index (χ1n) is 14.8. The summed E-state index contributed by atoms with van der Waals surface area (Å²) >= 11 is 0. The number of benzene rings is 8. The second-order valence-corrected chi connectivity index (χ2v) is 11.3. The van der Waals surface area contributed by atoms with Gasteiger partial charge in [-0.2, -0.15) is 0 Å². The normalized spacial score (nSPS) is 11.7. The second-order valence-electron chi connectivity index (χ2n) is 11.3. The predicted molar refractivity (Wildman–Crippen MR) is 183 cm³/mol. The number of hydrogen-bond donors (Lipinski definition) is 0. The van der Waals surface area contributed by atoms with E-state index in [9.17, 15) is 0 Å². The first kappa shape index (κ1) is 24.0. The lowest BCUT2D eigenvalue weighted by Gasteiger charge is -2.18. The summed E-state index contributed by atoms with van der Waals surface area (Å²) < 4.78 is 6.34. The van der Waals surface area contributed by atoms with Crippen LogP contribution in [0, 0.1) is 0 Å². The van der Waals surface area contributed by atoms with Gasteiger partial charge in [0.1, 0.15) is 11.2 Å². The lowest BCUT2D eigenvalue weighted by atomic mass is 9.85. The molecule has 43 heavy (non-hydrogen) atoms. The number of furan rings is 1. The Labute approximate surface area is 249 Å². The molecule has 0 atom stereocenters. The van der Waals surface area contributed by atoms with E-state index in [1.807, 2.05) is 0 Å². The van der Waals surface area contributed by atoms with Gasteiger partial charge >= 0.3 is 0 Å². The van der Waals surface area contributed by atoms with Crippen LogP contribution in [0.4, 0.5) is 0 Å². The molecule has 0 aliphatic carbocycles. The second kappa shape index (κ2) is 9.44. The first-order valence-corrected chi connectivity index (χ1v) is 14.8. The van der Waals surface area contributed by atoms with Crippen molar-refractivity contribution in [1.29, 1.82) is 0 Å². The maximum absolute atomic E-state index is 6.34. The van der Waals surface area contributed by atoms with Gasteiger partial charge in [0.25, 0.3) is 0 Å². The van der Waals surface area contributed by atoms with Gasteiger partial charge in [-0.15, -0.1) is 0 Å². The SMILES string of the molecule is c1ccc(-c2ccc(-c3c4ccccc4c(-c4ccc5oc6ccc7ccccc7c6c5c4)c4ccccc34)cc2)cc1. The Morgan fingerprint density at radius 1 is 0.302 bits per heavy atom. The van der Waals surface area contributed by atoms with Crippen LogP contribution in [0.15, 0.2) is 162 Å². The number of fused-ring (bicyclic) bond motifs is 7. The zero-order valence-corrected chi connectivity index (χ0v) is 23.4.